The van der Waals surface area contributed by atoms with E-state index in [1.165, 1.54) is 16.2 Å². The number of likely N-dealkylation sites (tertiary alicyclic amines) is 1. The summed E-state index contributed by atoms with van der Waals surface area (Å²) in [6.45, 7) is 4.84. The highest BCUT2D eigenvalue weighted by Gasteiger charge is 2.29. The van der Waals surface area contributed by atoms with Crippen LogP contribution in [0.4, 0.5) is 0 Å². The average molecular weight is 276 g/mol. The summed E-state index contributed by atoms with van der Waals surface area (Å²) in [4.78, 5) is 15.0. The quantitative estimate of drug-likeness (QED) is 0.917. The maximum absolute atomic E-state index is 11.1. The Hall–Kier alpha value is -1.00. The Morgan fingerprint density at radius 3 is 3.16 bits per heavy atom. The molecule has 3 nitrogen and oxygen atoms in total. The number of carbonyl (C=O) groups is 1. The Balaban J connectivity index is 1.58. The van der Waals surface area contributed by atoms with Gasteiger partial charge in [0.1, 0.15) is 0 Å². The third-order valence-electron chi connectivity index (χ3n) is 3.96. The number of benzene rings is 1. The molecule has 0 aromatic heterocycles. The number of carbonyl (C=O) groups excluding carboxylic acids is 1. The Labute approximate surface area is 118 Å². The normalized spacial score (nSPS) is 26.4. The smallest absolute Gasteiger partial charge is 0.217 e. The fourth-order valence-electron chi connectivity index (χ4n) is 3.10. The van der Waals surface area contributed by atoms with Crippen LogP contribution in [-0.4, -0.2) is 42.2 Å². The maximum Gasteiger partial charge on any atom is 0.217 e. The number of nitrogens with one attached hydrogen (secondary N) is 1. The molecule has 2 atom stereocenters. The second-order valence-corrected chi connectivity index (χ2v) is 6.55. The molecule has 0 saturated carbocycles. The van der Waals surface area contributed by atoms with Crippen molar-refractivity contribution in [1.82, 2.24) is 10.2 Å². The van der Waals surface area contributed by atoms with E-state index in [1.807, 2.05) is 11.8 Å². The number of hydrogen-bond acceptors (Lipinski definition) is 3. The molecule has 0 aliphatic carbocycles. The molecule has 2 unspecified atom stereocenters. The summed E-state index contributed by atoms with van der Waals surface area (Å²) in [7, 11) is 0. The zero-order valence-electron chi connectivity index (χ0n) is 11.3. The molecule has 2 heterocycles. The average Bonchev–Trinajstić information content (AvgIpc) is 2.97. The van der Waals surface area contributed by atoms with Gasteiger partial charge in [0.15, 0.2) is 0 Å². The summed E-state index contributed by atoms with van der Waals surface area (Å²) in [6.07, 6.45) is 1.08. The summed E-state index contributed by atoms with van der Waals surface area (Å²) >= 11 is 1.97. The molecule has 2 aliphatic rings. The van der Waals surface area contributed by atoms with Gasteiger partial charge >= 0.3 is 0 Å². The summed E-state index contributed by atoms with van der Waals surface area (Å²) in [5, 5.41) is 3.03. The maximum atomic E-state index is 11.1. The molecule has 3 rings (SSSR count). The van der Waals surface area contributed by atoms with Crippen molar-refractivity contribution in [3.8, 4) is 0 Å². The minimum atomic E-state index is 0.0913. The van der Waals surface area contributed by atoms with Crippen LogP contribution in [0.25, 0.3) is 0 Å². The first-order valence-electron chi connectivity index (χ1n) is 6.93. The van der Waals surface area contributed by atoms with Gasteiger partial charge in [-0.25, -0.2) is 0 Å². The monoisotopic (exact) mass is 276 g/mol. The molecular weight excluding hydrogens is 256 g/mol. The summed E-state index contributed by atoms with van der Waals surface area (Å²) in [6, 6.07) is 9.10. The number of rotatable bonds is 3. The van der Waals surface area contributed by atoms with E-state index < -0.39 is 0 Å². The predicted octanol–water partition coefficient (Wildman–Crippen LogP) is 2.09. The van der Waals surface area contributed by atoms with Gasteiger partial charge in [-0.05, 0) is 18.1 Å². The molecule has 1 aromatic rings. The highest BCUT2D eigenvalue weighted by Crippen LogP contribution is 2.39. The van der Waals surface area contributed by atoms with Crippen molar-refractivity contribution in [1.29, 1.82) is 0 Å². The summed E-state index contributed by atoms with van der Waals surface area (Å²) in [5.74, 6) is 1.94. The van der Waals surface area contributed by atoms with Gasteiger partial charge in [-0.1, -0.05) is 18.2 Å². The van der Waals surface area contributed by atoms with Crippen molar-refractivity contribution >= 4 is 17.7 Å². The van der Waals surface area contributed by atoms with Crippen LogP contribution in [0.15, 0.2) is 29.2 Å². The number of thioether (sulfide) groups is 1. The van der Waals surface area contributed by atoms with Gasteiger partial charge in [-0.3, -0.25) is 4.79 Å². The van der Waals surface area contributed by atoms with Crippen molar-refractivity contribution in [2.24, 2.45) is 0 Å². The van der Waals surface area contributed by atoms with E-state index in [2.05, 4.69) is 34.5 Å². The van der Waals surface area contributed by atoms with Crippen LogP contribution in [-0.2, 0) is 4.79 Å². The van der Waals surface area contributed by atoms with E-state index in [0.29, 0.717) is 12.0 Å². The van der Waals surface area contributed by atoms with Crippen LogP contribution in [0.3, 0.4) is 0 Å². The van der Waals surface area contributed by atoms with Crippen molar-refractivity contribution in [2.75, 3.05) is 25.4 Å². The van der Waals surface area contributed by atoms with E-state index in [1.54, 1.807) is 6.92 Å². The SMILES string of the molecule is CC(=O)NC1CCN(CC2CSc3ccccc32)C1. The van der Waals surface area contributed by atoms with Gasteiger partial charge in [0, 0.05) is 49.2 Å². The zero-order valence-corrected chi connectivity index (χ0v) is 12.1. The van der Waals surface area contributed by atoms with Crippen LogP contribution in [0.1, 0.15) is 24.8 Å². The third kappa shape index (κ3) is 2.95. The number of hydrogen-bond donors (Lipinski definition) is 1. The minimum absolute atomic E-state index is 0.0913. The molecular formula is C15H20N2OS. The summed E-state index contributed by atoms with van der Waals surface area (Å²) in [5.41, 5.74) is 1.51. The molecule has 1 amide bonds. The van der Waals surface area contributed by atoms with Gasteiger partial charge in [0.2, 0.25) is 5.91 Å². The fraction of sp³-hybridized carbons (Fsp3) is 0.533. The Bertz CT molecular complexity index is 477. The van der Waals surface area contributed by atoms with Gasteiger partial charge in [-0.2, -0.15) is 0 Å². The van der Waals surface area contributed by atoms with E-state index in [0.717, 1.165) is 26.1 Å². The first-order chi connectivity index (χ1) is 9.22. The van der Waals surface area contributed by atoms with E-state index in [4.69, 9.17) is 0 Å². The highest BCUT2D eigenvalue weighted by atomic mass is 32.2. The minimum Gasteiger partial charge on any atom is -0.352 e. The van der Waals surface area contributed by atoms with Gasteiger partial charge in [0.05, 0.1) is 0 Å². The van der Waals surface area contributed by atoms with Gasteiger partial charge in [0.25, 0.3) is 0 Å². The van der Waals surface area contributed by atoms with Crippen LogP contribution < -0.4 is 5.32 Å². The van der Waals surface area contributed by atoms with Gasteiger partial charge < -0.3 is 10.2 Å². The first kappa shape index (κ1) is 13.0. The lowest BCUT2D eigenvalue weighted by atomic mass is 10.0. The topological polar surface area (TPSA) is 32.3 Å². The molecule has 4 heteroatoms. The van der Waals surface area contributed by atoms with Crippen molar-refractivity contribution in [3.05, 3.63) is 29.8 Å². The lowest BCUT2D eigenvalue weighted by molar-refractivity contribution is -0.119. The highest BCUT2D eigenvalue weighted by molar-refractivity contribution is 7.99. The Kier molecular flexibility index (Phi) is 3.80. The molecule has 2 aliphatic heterocycles. The first-order valence-corrected chi connectivity index (χ1v) is 7.92. The molecule has 1 N–H and O–H groups in total. The second-order valence-electron chi connectivity index (χ2n) is 5.49. The van der Waals surface area contributed by atoms with Crippen LogP contribution >= 0.6 is 11.8 Å². The van der Waals surface area contributed by atoms with Crippen molar-refractivity contribution in [3.63, 3.8) is 0 Å². The van der Waals surface area contributed by atoms with E-state index in [-0.39, 0.29) is 5.91 Å². The van der Waals surface area contributed by atoms with E-state index >= 15 is 0 Å². The number of amides is 1. The van der Waals surface area contributed by atoms with Gasteiger partial charge in [-0.15, -0.1) is 11.8 Å². The second kappa shape index (κ2) is 5.55. The lowest BCUT2D eigenvalue weighted by Crippen LogP contribution is -2.36. The van der Waals surface area contributed by atoms with Crippen molar-refractivity contribution in [2.45, 2.75) is 30.2 Å². The molecule has 0 radical (unpaired) electrons. The molecule has 1 aromatic carbocycles. The fourth-order valence-corrected chi connectivity index (χ4v) is 4.34. The van der Waals surface area contributed by atoms with Crippen LogP contribution in [0.5, 0.6) is 0 Å². The number of nitrogens with zero attached hydrogens (tertiary/aromatic N) is 1. The largest absolute Gasteiger partial charge is 0.352 e. The molecule has 102 valence electrons. The Morgan fingerprint density at radius 1 is 1.47 bits per heavy atom. The third-order valence-corrected chi connectivity index (χ3v) is 5.21. The molecule has 19 heavy (non-hydrogen) atoms. The molecule has 0 spiro atoms. The molecule has 0 bridgehead atoms. The Morgan fingerprint density at radius 2 is 2.32 bits per heavy atom. The lowest BCUT2D eigenvalue weighted by Gasteiger charge is -2.20. The predicted molar refractivity (Wildman–Crippen MR) is 78.6 cm³/mol. The van der Waals surface area contributed by atoms with Crippen LogP contribution in [0.2, 0.25) is 0 Å². The van der Waals surface area contributed by atoms with Crippen molar-refractivity contribution < 1.29 is 4.79 Å². The summed E-state index contributed by atoms with van der Waals surface area (Å²) < 4.78 is 0. The number of fused-ring (bicyclic) bond motifs is 1. The zero-order chi connectivity index (χ0) is 13.2. The standard InChI is InChI=1S/C15H20N2OS/c1-11(18)16-13-6-7-17(9-13)8-12-10-19-15-5-3-2-4-14(12)15/h2-5,12-13H,6-10H2,1H3,(H,16,18). The van der Waals surface area contributed by atoms with E-state index in [9.17, 15) is 4.79 Å². The molecule has 1 saturated heterocycles. The van der Waals surface area contributed by atoms with Crippen LogP contribution in [0, 0.1) is 0 Å². The molecule has 1 fully saturated rings.